The quantitative estimate of drug-likeness (QED) is 0.876. The van der Waals surface area contributed by atoms with Gasteiger partial charge in [0.05, 0.1) is 6.04 Å². The first kappa shape index (κ1) is 18.9. The second-order valence-electron chi connectivity index (χ2n) is 6.17. The highest BCUT2D eigenvalue weighted by Gasteiger charge is 2.27. The lowest BCUT2D eigenvalue weighted by atomic mass is 9.82. The minimum Gasteiger partial charge on any atom is -0.349 e. The molecule has 0 saturated heterocycles. The summed E-state index contributed by atoms with van der Waals surface area (Å²) in [6.07, 6.45) is 1.23. The number of carbonyl (C=O) groups excluding carboxylic acids is 1. The Hall–Kier alpha value is -1.06. The Labute approximate surface area is 128 Å². The zero-order valence-electron chi connectivity index (χ0n) is 12.9. The van der Waals surface area contributed by atoms with Crippen LogP contribution in [0.25, 0.3) is 0 Å². The number of nitrogens with one attached hydrogen (secondary N) is 1. The van der Waals surface area contributed by atoms with Crippen LogP contribution in [0.1, 0.15) is 50.8 Å². The molecule has 0 spiro atoms. The Kier molecular flexibility index (Phi) is 7.84. The van der Waals surface area contributed by atoms with Crippen LogP contribution in [0.15, 0.2) is 24.3 Å². The van der Waals surface area contributed by atoms with Gasteiger partial charge in [-0.15, -0.1) is 12.4 Å². The first-order chi connectivity index (χ1) is 8.84. The maximum Gasteiger partial charge on any atom is 0.220 e. The van der Waals surface area contributed by atoms with E-state index < -0.39 is 0 Å². The van der Waals surface area contributed by atoms with Crippen molar-refractivity contribution in [3.63, 3.8) is 0 Å². The van der Waals surface area contributed by atoms with Crippen LogP contribution in [-0.4, -0.2) is 12.5 Å². The van der Waals surface area contributed by atoms with Crippen LogP contribution in [0, 0.1) is 12.3 Å². The lowest BCUT2D eigenvalue weighted by Gasteiger charge is -2.32. The number of nitrogens with two attached hydrogens (primary N) is 1. The average Bonchev–Trinajstić information content (AvgIpc) is 2.32. The van der Waals surface area contributed by atoms with Crippen LogP contribution in [0.3, 0.4) is 0 Å². The summed E-state index contributed by atoms with van der Waals surface area (Å²) in [5, 5.41) is 3.14. The van der Waals surface area contributed by atoms with Crippen molar-refractivity contribution in [2.24, 2.45) is 11.1 Å². The van der Waals surface area contributed by atoms with E-state index in [4.69, 9.17) is 5.73 Å². The molecule has 0 aliphatic rings. The van der Waals surface area contributed by atoms with Crippen LogP contribution in [0.2, 0.25) is 0 Å². The van der Waals surface area contributed by atoms with E-state index >= 15 is 0 Å². The Morgan fingerprint density at radius 1 is 1.35 bits per heavy atom. The minimum absolute atomic E-state index is 0. The normalized spacial score (nSPS) is 12.4. The fraction of sp³-hybridized carbons (Fsp3) is 0.562. The monoisotopic (exact) mass is 298 g/mol. The van der Waals surface area contributed by atoms with Gasteiger partial charge >= 0.3 is 0 Å². The fourth-order valence-electron chi connectivity index (χ4n) is 2.15. The van der Waals surface area contributed by atoms with Gasteiger partial charge in [-0.2, -0.15) is 0 Å². The van der Waals surface area contributed by atoms with E-state index in [1.165, 1.54) is 5.56 Å². The van der Waals surface area contributed by atoms with Gasteiger partial charge in [-0.25, -0.2) is 0 Å². The molecule has 4 heteroatoms. The second kappa shape index (κ2) is 8.28. The Morgan fingerprint density at radius 2 is 2.00 bits per heavy atom. The summed E-state index contributed by atoms with van der Waals surface area (Å²) in [6.45, 7) is 9.05. The van der Waals surface area contributed by atoms with E-state index in [1.807, 2.05) is 6.07 Å². The van der Waals surface area contributed by atoms with Crippen molar-refractivity contribution in [1.82, 2.24) is 5.32 Å². The van der Waals surface area contributed by atoms with Crippen LogP contribution in [0.5, 0.6) is 0 Å². The summed E-state index contributed by atoms with van der Waals surface area (Å²) in [5.74, 6) is 0.0758. The largest absolute Gasteiger partial charge is 0.349 e. The highest BCUT2D eigenvalue weighted by atomic mass is 35.5. The Morgan fingerprint density at radius 3 is 2.50 bits per heavy atom. The first-order valence-electron chi connectivity index (χ1n) is 6.90. The average molecular weight is 299 g/mol. The molecule has 0 saturated carbocycles. The van der Waals surface area contributed by atoms with E-state index in [-0.39, 0.29) is 29.8 Å². The molecule has 20 heavy (non-hydrogen) atoms. The van der Waals surface area contributed by atoms with Crippen molar-refractivity contribution < 1.29 is 4.79 Å². The van der Waals surface area contributed by atoms with E-state index in [9.17, 15) is 4.79 Å². The summed E-state index contributed by atoms with van der Waals surface area (Å²) in [7, 11) is 0. The SMILES string of the molecule is Cc1cccc(C(NC(=O)CCCN)C(C)(C)C)c1.Cl. The summed E-state index contributed by atoms with van der Waals surface area (Å²) in [4.78, 5) is 12.0. The van der Waals surface area contributed by atoms with Crippen molar-refractivity contribution in [1.29, 1.82) is 0 Å². The number of halogens is 1. The molecule has 0 bridgehead atoms. The van der Waals surface area contributed by atoms with Gasteiger partial charge in [-0.3, -0.25) is 4.79 Å². The number of amides is 1. The second-order valence-corrected chi connectivity index (χ2v) is 6.17. The van der Waals surface area contributed by atoms with Gasteiger partial charge in [0, 0.05) is 6.42 Å². The maximum atomic E-state index is 12.0. The van der Waals surface area contributed by atoms with Gasteiger partial charge in [-0.1, -0.05) is 50.6 Å². The zero-order chi connectivity index (χ0) is 14.5. The van der Waals surface area contributed by atoms with Crippen LogP contribution in [-0.2, 0) is 4.79 Å². The molecule has 114 valence electrons. The Balaban J connectivity index is 0.00000361. The number of aryl methyl sites for hydroxylation is 1. The molecule has 0 aliphatic carbocycles. The topological polar surface area (TPSA) is 55.1 Å². The number of benzene rings is 1. The third-order valence-corrected chi connectivity index (χ3v) is 3.15. The summed E-state index contributed by atoms with van der Waals surface area (Å²) < 4.78 is 0. The van der Waals surface area contributed by atoms with E-state index in [0.29, 0.717) is 13.0 Å². The molecule has 3 nitrogen and oxygen atoms in total. The van der Waals surface area contributed by atoms with Crippen molar-refractivity contribution in [2.45, 2.75) is 46.6 Å². The number of hydrogen-bond acceptors (Lipinski definition) is 2. The molecule has 3 N–H and O–H groups in total. The lowest BCUT2D eigenvalue weighted by molar-refractivity contribution is -0.122. The summed E-state index contributed by atoms with van der Waals surface area (Å²) in [6, 6.07) is 8.35. The van der Waals surface area contributed by atoms with E-state index in [2.05, 4.69) is 51.2 Å². The Bertz CT molecular complexity index is 427. The van der Waals surface area contributed by atoms with E-state index in [0.717, 1.165) is 12.0 Å². The molecule has 1 aromatic rings. The fourth-order valence-corrected chi connectivity index (χ4v) is 2.15. The van der Waals surface area contributed by atoms with Crippen LogP contribution < -0.4 is 11.1 Å². The van der Waals surface area contributed by atoms with Crippen LogP contribution in [0.4, 0.5) is 0 Å². The molecule has 1 amide bonds. The smallest absolute Gasteiger partial charge is 0.220 e. The maximum absolute atomic E-state index is 12.0. The van der Waals surface area contributed by atoms with Gasteiger partial charge < -0.3 is 11.1 Å². The molecule has 0 fully saturated rings. The van der Waals surface area contributed by atoms with Crippen molar-refractivity contribution in [3.05, 3.63) is 35.4 Å². The van der Waals surface area contributed by atoms with Gasteiger partial charge in [0.2, 0.25) is 5.91 Å². The zero-order valence-corrected chi connectivity index (χ0v) is 13.7. The molecule has 1 atom stereocenters. The molecule has 1 aromatic carbocycles. The number of carbonyl (C=O) groups is 1. The molecule has 0 aromatic heterocycles. The van der Waals surface area contributed by atoms with Crippen LogP contribution >= 0.6 is 12.4 Å². The van der Waals surface area contributed by atoms with Gasteiger partial charge in [0.15, 0.2) is 0 Å². The first-order valence-corrected chi connectivity index (χ1v) is 6.90. The molecule has 1 unspecified atom stereocenters. The highest BCUT2D eigenvalue weighted by Crippen LogP contribution is 2.33. The lowest BCUT2D eigenvalue weighted by Crippen LogP contribution is -2.36. The predicted molar refractivity (Wildman–Crippen MR) is 87.1 cm³/mol. The van der Waals surface area contributed by atoms with Gasteiger partial charge in [0.1, 0.15) is 0 Å². The molecule has 0 radical (unpaired) electrons. The molecule has 0 aliphatic heterocycles. The number of hydrogen-bond donors (Lipinski definition) is 2. The van der Waals surface area contributed by atoms with Crippen molar-refractivity contribution in [2.75, 3.05) is 6.54 Å². The van der Waals surface area contributed by atoms with Gasteiger partial charge in [-0.05, 0) is 30.9 Å². The standard InChI is InChI=1S/C16H26N2O.ClH/c1-12-7-5-8-13(11-12)15(16(2,3)4)18-14(19)9-6-10-17;/h5,7-8,11,15H,6,9-10,17H2,1-4H3,(H,18,19);1H. The molecule has 0 heterocycles. The molecular weight excluding hydrogens is 272 g/mol. The third kappa shape index (κ3) is 5.93. The summed E-state index contributed by atoms with van der Waals surface area (Å²) >= 11 is 0. The van der Waals surface area contributed by atoms with Gasteiger partial charge in [0.25, 0.3) is 0 Å². The van der Waals surface area contributed by atoms with Crippen molar-refractivity contribution >= 4 is 18.3 Å². The highest BCUT2D eigenvalue weighted by molar-refractivity contribution is 5.85. The molecular formula is C16H27ClN2O. The molecule has 1 rings (SSSR count). The summed E-state index contributed by atoms with van der Waals surface area (Å²) in [5.41, 5.74) is 7.79. The van der Waals surface area contributed by atoms with Crippen molar-refractivity contribution in [3.8, 4) is 0 Å². The third-order valence-electron chi connectivity index (χ3n) is 3.15. The number of rotatable bonds is 5. The van der Waals surface area contributed by atoms with E-state index in [1.54, 1.807) is 0 Å². The predicted octanol–water partition coefficient (Wildman–Crippen LogP) is 3.36. The minimum atomic E-state index is -0.0217.